The molecule has 1 N–H and O–H groups in total. The van der Waals surface area contributed by atoms with Crippen molar-refractivity contribution < 1.29 is 14.3 Å². The molecule has 0 spiro atoms. The monoisotopic (exact) mass is 362 g/mol. The number of rotatable bonds is 5. The van der Waals surface area contributed by atoms with E-state index in [0.717, 1.165) is 5.56 Å². The number of fused-ring (bicyclic) bond motifs is 1. The lowest BCUT2D eigenvalue weighted by atomic mass is 10.0. The third-order valence-electron chi connectivity index (χ3n) is 4.62. The molecule has 1 aromatic heterocycles. The van der Waals surface area contributed by atoms with Gasteiger partial charge in [-0.1, -0.05) is 29.8 Å². The van der Waals surface area contributed by atoms with E-state index in [1.807, 2.05) is 48.8 Å². The first-order chi connectivity index (χ1) is 13.2. The summed E-state index contributed by atoms with van der Waals surface area (Å²) in [6, 6.07) is 17.6. The van der Waals surface area contributed by atoms with Crippen LogP contribution in [0.25, 0.3) is 0 Å². The number of ether oxygens (including phenoxy) is 2. The summed E-state index contributed by atoms with van der Waals surface area (Å²) >= 11 is 0. The molecular weight excluding hydrogens is 340 g/mol. The maximum absolute atomic E-state index is 12.7. The van der Waals surface area contributed by atoms with Gasteiger partial charge in [-0.2, -0.15) is 0 Å². The van der Waals surface area contributed by atoms with Crippen LogP contribution in [-0.2, 0) is 4.79 Å². The molecule has 0 saturated carbocycles. The first-order valence-electron chi connectivity index (χ1n) is 9.07. The van der Waals surface area contributed by atoms with E-state index < -0.39 is 0 Å². The second-order valence-electron chi connectivity index (χ2n) is 6.67. The van der Waals surface area contributed by atoms with Gasteiger partial charge in [0.25, 0.3) is 0 Å². The van der Waals surface area contributed by atoms with Gasteiger partial charge >= 0.3 is 0 Å². The summed E-state index contributed by atoms with van der Waals surface area (Å²) in [6.07, 6.45) is 4.32. The zero-order valence-corrected chi connectivity index (χ0v) is 15.2. The third-order valence-corrected chi connectivity index (χ3v) is 4.62. The van der Waals surface area contributed by atoms with Crippen LogP contribution in [0.4, 0.5) is 5.69 Å². The number of nitrogens with zero attached hydrogens (tertiary/aromatic N) is 1. The number of anilines is 1. The number of carbonyl (C=O) groups is 1. The zero-order chi connectivity index (χ0) is 18.6. The Labute approximate surface area is 158 Å². The fourth-order valence-corrected chi connectivity index (χ4v) is 3.34. The molecule has 1 aliphatic heterocycles. The van der Waals surface area contributed by atoms with Gasteiger partial charge in [0, 0.05) is 24.1 Å². The minimum Gasteiger partial charge on any atom is -0.486 e. The normalized spacial score (nSPS) is 13.8. The number of benzene rings is 2. The lowest BCUT2D eigenvalue weighted by Crippen LogP contribution is -2.20. The van der Waals surface area contributed by atoms with Crippen molar-refractivity contribution in [1.29, 1.82) is 0 Å². The number of aryl methyl sites for hydroxylation is 1. The summed E-state index contributed by atoms with van der Waals surface area (Å²) in [7, 11) is 0. The highest BCUT2D eigenvalue weighted by Gasteiger charge is 2.19. The van der Waals surface area contributed by atoms with Crippen LogP contribution in [0, 0.1) is 6.92 Å². The molecular formula is C22H22N2O3. The fourth-order valence-electron chi connectivity index (χ4n) is 3.34. The van der Waals surface area contributed by atoms with Gasteiger partial charge < -0.3 is 19.4 Å². The summed E-state index contributed by atoms with van der Waals surface area (Å²) in [5.41, 5.74) is 3.00. The van der Waals surface area contributed by atoms with E-state index in [4.69, 9.17) is 9.47 Å². The van der Waals surface area contributed by atoms with Crippen LogP contribution < -0.4 is 14.8 Å². The first kappa shape index (κ1) is 17.2. The van der Waals surface area contributed by atoms with Crippen LogP contribution in [0.2, 0.25) is 0 Å². The Hall–Kier alpha value is -3.21. The third kappa shape index (κ3) is 3.97. The molecule has 5 nitrogen and oxygen atoms in total. The van der Waals surface area contributed by atoms with Gasteiger partial charge in [-0.05, 0) is 36.8 Å². The molecule has 1 unspecified atom stereocenters. The molecule has 4 rings (SSSR count). The predicted molar refractivity (Wildman–Crippen MR) is 104 cm³/mol. The Kier molecular flexibility index (Phi) is 4.83. The molecule has 1 atom stereocenters. The lowest BCUT2D eigenvalue weighted by Gasteiger charge is -2.21. The average Bonchev–Trinajstić information content (AvgIpc) is 3.20. The number of aromatic nitrogens is 1. The van der Waals surface area contributed by atoms with E-state index in [1.165, 1.54) is 5.56 Å². The largest absolute Gasteiger partial charge is 0.486 e. The van der Waals surface area contributed by atoms with Crippen molar-refractivity contribution in [3.05, 3.63) is 78.1 Å². The number of nitrogens with one attached hydrogen (secondary N) is 1. The van der Waals surface area contributed by atoms with E-state index in [1.54, 1.807) is 0 Å². The van der Waals surface area contributed by atoms with E-state index in [2.05, 4.69) is 35.0 Å². The van der Waals surface area contributed by atoms with E-state index in [0.29, 0.717) is 36.8 Å². The molecule has 27 heavy (non-hydrogen) atoms. The maximum Gasteiger partial charge on any atom is 0.226 e. The lowest BCUT2D eigenvalue weighted by molar-refractivity contribution is -0.116. The molecule has 2 aromatic carbocycles. The van der Waals surface area contributed by atoms with Crippen molar-refractivity contribution in [3.8, 4) is 11.5 Å². The standard InChI is InChI=1S/C22H22N2O3/c1-16-5-4-6-17(13-16)19(24-9-2-3-10-24)15-22(25)23-18-7-8-20-21(14-18)27-12-11-26-20/h2-10,13-14,19H,11-12,15H2,1H3,(H,23,25). The molecule has 0 bridgehead atoms. The SMILES string of the molecule is Cc1cccc(C(CC(=O)Nc2ccc3c(c2)OCCO3)n2cccc2)c1. The Morgan fingerprint density at radius 1 is 1.04 bits per heavy atom. The second kappa shape index (κ2) is 7.58. The molecule has 2 heterocycles. The molecule has 0 radical (unpaired) electrons. The summed E-state index contributed by atoms with van der Waals surface area (Å²) in [5, 5.41) is 2.98. The summed E-state index contributed by atoms with van der Waals surface area (Å²) < 4.78 is 13.2. The smallest absolute Gasteiger partial charge is 0.226 e. The van der Waals surface area contributed by atoms with Crippen molar-refractivity contribution in [3.63, 3.8) is 0 Å². The quantitative estimate of drug-likeness (QED) is 0.741. The van der Waals surface area contributed by atoms with Gasteiger partial charge in [0.15, 0.2) is 11.5 Å². The zero-order valence-electron chi connectivity index (χ0n) is 15.2. The van der Waals surface area contributed by atoms with Crippen molar-refractivity contribution in [1.82, 2.24) is 4.57 Å². The Balaban J connectivity index is 1.52. The van der Waals surface area contributed by atoms with Crippen molar-refractivity contribution in [2.24, 2.45) is 0 Å². The van der Waals surface area contributed by atoms with Crippen LogP contribution in [0.15, 0.2) is 67.0 Å². The van der Waals surface area contributed by atoms with Gasteiger partial charge in [0.2, 0.25) is 5.91 Å². The number of hydrogen-bond acceptors (Lipinski definition) is 3. The van der Waals surface area contributed by atoms with E-state index in [-0.39, 0.29) is 11.9 Å². The van der Waals surface area contributed by atoms with Crippen LogP contribution in [0.3, 0.4) is 0 Å². The summed E-state index contributed by atoms with van der Waals surface area (Å²) in [4.78, 5) is 12.7. The fraction of sp³-hybridized carbons (Fsp3) is 0.227. The highest BCUT2D eigenvalue weighted by Crippen LogP contribution is 2.33. The topological polar surface area (TPSA) is 52.5 Å². The highest BCUT2D eigenvalue weighted by atomic mass is 16.6. The molecule has 1 amide bonds. The van der Waals surface area contributed by atoms with Gasteiger partial charge in [-0.25, -0.2) is 0 Å². The molecule has 138 valence electrons. The Bertz CT molecular complexity index is 934. The summed E-state index contributed by atoms with van der Waals surface area (Å²) in [6.45, 7) is 3.13. The van der Waals surface area contributed by atoms with Gasteiger partial charge in [0.05, 0.1) is 12.5 Å². The second-order valence-corrected chi connectivity index (χ2v) is 6.67. The van der Waals surface area contributed by atoms with Crippen LogP contribution >= 0.6 is 0 Å². The highest BCUT2D eigenvalue weighted by molar-refractivity contribution is 5.91. The van der Waals surface area contributed by atoms with Crippen molar-refractivity contribution >= 4 is 11.6 Å². The first-order valence-corrected chi connectivity index (χ1v) is 9.07. The number of amides is 1. The van der Waals surface area contributed by atoms with E-state index in [9.17, 15) is 4.79 Å². The molecule has 3 aromatic rings. The van der Waals surface area contributed by atoms with Crippen molar-refractivity contribution in [2.45, 2.75) is 19.4 Å². The Morgan fingerprint density at radius 3 is 2.59 bits per heavy atom. The predicted octanol–water partition coefficient (Wildman–Crippen LogP) is 4.19. The minimum absolute atomic E-state index is 0.0492. The van der Waals surface area contributed by atoms with Gasteiger partial charge in [-0.3, -0.25) is 4.79 Å². The minimum atomic E-state index is -0.0582. The van der Waals surface area contributed by atoms with Gasteiger partial charge in [0.1, 0.15) is 13.2 Å². The van der Waals surface area contributed by atoms with Gasteiger partial charge in [-0.15, -0.1) is 0 Å². The molecule has 1 aliphatic rings. The van der Waals surface area contributed by atoms with Crippen LogP contribution in [-0.4, -0.2) is 23.7 Å². The average molecular weight is 362 g/mol. The van der Waals surface area contributed by atoms with Crippen molar-refractivity contribution in [2.75, 3.05) is 18.5 Å². The van der Waals surface area contributed by atoms with E-state index >= 15 is 0 Å². The number of hydrogen-bond donors (Lipinski definition) is 1. The molecule has 5 heteroatoms. The van der Waals surface area contributed by atoms with Crippen LogP contribution in [0.1, 0.15) is 23.6 Å². The maximum atomic E-state index is 12.7. The summed E-state index contributed by atoms with van der Waals surface area (Å²) in [5.74, 6) is 1.33. The molecule has 0 fully saturated rings. The Morgan fingerprint density at radius 2 is 1.81 bits per heavy atom. The molecule has 0 aliphatic carbocycles. The molecule has 0 saturated heterocycles. The number of carbonyl (C=O) groups excluding carboxylic acids is 1. The van der Waals surface area contributed by atoms with Crippen LogP contribution in [0.5, 0.6) is 11.5 Å².